The third kappa shape index (κ3) is 7.84. The molecule has 2 aromatic carbocycles. The Bertz CT molecular complexity index is 2650. The smallest absolute Gasteiger partial charge is 0.261 e. The van der Waals surface area contributed by atoms with Crippen molar-refractivity contribution in [3.05, 3.63) is 107 Å². The Morgan fingerprint density at radius 1 is 0.576 bits per heavy atom. The molecular formula is C46H48N12O8. The molecular weight excluding hydrogens is 849 g/mol. The summed E-state index contributed by atoms with van der Waals surface area (Å²) in [5.74, 6) is -0.522. The van der Waals surface area contributed by atoms with Crippen LogP contribution in [0.5, 0.6) is 0 Å². The molecule has 20 nitrogen and oxygen atoms in total. The lowest BCUT2D eigenvalue weighted by Crippen LogP contribution is -2.37. The number of benzene rings is 2. The predicted molar refractivity (Wildman–Crippen MR) is 239 cm³/mol. The van der Waals surface area contributed by atoms with Crippen molar-refractivity contribution >= 4 is 57.7 Å². The van der Waals surface area contributed by atoms with Crippen molar-refractivity contribution in [1.29, 1.82) is 0 Å². The molecule has 4 fully saturated rings. The van der Waals surface area contributed by atoms with Crippen molar-refractivity contribution < 1.29 is 38.1 Å². The number of nitrogens with zero attached hydrogens (tertiary/aromatic N) is 10. The first kappa shape index (κ1) is 41.7. The van der Waals surface area contributed by atoms with E-state index in [4.69, 9.17) is 18.9 Å². The van der Waals surface area contributed by atoms with Crippen LogP contribution in [-0.2, 0) is 32.0 Å². The van der Waals surface area contributed by atoms with E-state index in [2.05, 4.69) is 40.6 Å². The fraction of sp³-hybridized carbons (Fsp3) is 0.391. The van der Waals surface area contributed by atoms with Gasteiger partial charge in [-0.05, 0) is 60.4 Å². The highest BCUT2D eigenvalue weighted by Gasteiger charge is 2.38. The van der Waals surface area contributed by atoms with Gasteiger partial charge in [-0.2, -0.15) is 10.2 Å². The normalized spacial score (nSPS) is 20.5. The lowest BCUT2D eigenvalue weighted by Gasteiger charge is -2.31. The Balaban J connectivity index is 0.000000146. The number of carbonyl (C=O) groups is 4. The van der Waals surface area contributed by atoms with Crippen LogP contribution in [0.3, 0.4) is 0 Å². The van der Waals surface area contributed by atoms with Crippen molar-refractivity contribution in [1.82, 2.24) is 39.0 Å². The molecule has 6 aromatic rings. The van der Waals surface area contributed by atoms with Gasteiger partial charge in [0.25, 0.3) is 23.6 Å². The van der Waals surface area contributed by atoms with Crippen LogP contribution in [0, 0.1) is 0 Å². The van der Waals surface area contributed by atoms with E-state index >= 15 is 0 Å². The summed E-state index contributed by atoms with van der Waals surface area (Å²) in [6, 6.07) is 11.4. The Labute approximate surface area is 378 Å². The molecule has 0 bridgehead atoms. The Morgan fingerprint density at radius 2 is 1.02 bits per heavy atom. The van der Waals surface area contributed by atoms with Gasteiger partial charge >= 0.3 is 0 Å². The summed E-state index contributed by atoms with van der Waals surface area (Å²) >= 11 is 0. The van der Waals surface area contributed by atoms with Gasteiger partial charge in [0.2, 0.25) is 0 Å². The van der Waals surface area contributed by atoms with Crippen LogP contribution in [0.1, 0.15) is 65.4 Å². The Morgan fingerprint density at radius 3 is 1.42 bits per heavy atom. The second-order valence-corrected chi connectivity index (χ2v) is 17.0. The molecule has 10 heterocycles. The largest absolute Gasteiger partial charge is 0.379 e. The molecule has 340 valence electrons. The molecule has 20 heteroatoms. The first-order chi connectivity index (χ1) is 32.4. The molecule has 0 aliphatic carbocycles. The highest BCUT2D eigenvalue weighted by Crippen LogP contribution is 2.38. The SMILES string of the molecule is O=C(Nc1cc2c(cc1N1CCOCC1)C(=O)N([C@@H]1CCOC1)C2)c1cnn2cccnc12.O=C(Nc1cc2c(cc1N1CCOCC1)C(=O)N([C@H]1CCOC1)C2)c1cnn2cccnc12. The molecule has 6 aliphatic rings. The fourth-order valence-corrected chi connectivity index (χ4v) is 9.56. The molecule has 66 heavy (non-hydrogen) atoms. The maximum Gasteiger partial charge on any atom is 0.261 e. The second-order valence-electron chi connectivity index (χ2n) is 17.0. The number of anilines is 4. The van der Waals surface area contributed by atoms with Crippen molar-refractivity contribution in [2.24, 2.45) is 0 Å². The molecule has 4 aromatic heterocycles. The second kappa shape index (κ2) is 17.8. The van der Waals surface area contributed by atoms with Crippen LogP contribution < -0.4 is 20.4 Å². The minimum Gasteiger partial charge on any atom is -0.379 e. The monoisotopic (exact) mass is 896 g/mol. The topological polar surface area (TPSA) is 203 Å². The molecule has 2 N–H and O–H groups in total. The van der Waals surface area contributed by atoms with Crippen LogP contribution in [0.2, 0.25) is 0 Å². The summed E-state index contributed by atoms with van der Waals surface area (Å²) in [4.78, 5) is 69.5. The van der Waals surface area contributed by atoms with Crippen LogP contribution in [0.15, 0.2) is 73.6 Å². The number of carbonyl (C=O) groups excluding carboxylic acids is 4. The van der Waals surface area contributed by atoms with Crippen LogP contribution in [0.25, 0.3) is 11.3 Å². The standard InChI is InChI=1S/2C23H24N6O4/c2*30-22(18-12-25-29-4-1-3-24-21(18)29)26-19-10-15-13-28(16-2-7-33-14-16)23(31)17(15)11-20(19)27-5-8-32-9-6-27/h2*1,3-4,10-12,16H,2,5-9,13-14H2,(H,26,30)/t2*16-/m10/s1. The maximum atomic E-state index is 13.2. The number of rotatable bonds is 8. The number of hydrogen-bond acceptors (Lipinski definition) is 14. The van der Waals surface area contributed by atoms with E-state index in [0.29, 0.717) is 137 Å². The summed E-state index contributed by atoms with van der Waals surface area (Å²) in [6.07, 6.45) is 11.5. The fourth-order valence-electron chi connectivity index (χ4n) is 9.56. The summed E-state index contributed by atoms with van der Waals surface area (Å²) in [5.41, 5.74) is 7.99. The first-order valence-corrected chi connectivity index (χ1v) is 22.3. The summed E-state index contributed by atoms with van der Waals surface area (Å²) < 4.78 is 25.2. The van der Waals surface area contributed by atoms with Crippen LogP contribution in [0.4, 0.5) is 22.7 Å². The molecule has 0 radical (unpaired) electrons. The number of nitrogens with one attached hydrogen (secondary N) is 2. The molecule has 0 unspecified atom stereocenters. The number of aromatic nitrogens is 6. The van der Waals surface area contributed by atoms with Crippen molar-refractivity contribution in [3.8, 4) is 0 Å². The van der Waals surface area contributed by atoms with Gasteiger partial charge in [-0.15, -0.1) is 0 Å². The van der Waals surface area contributed by atoms with E-state index in [9.17, 15) is 19.2 Å². The number of fused-ring (bicyclic) bond motifs is 4. The molecule has 12 rings (SSSR count). The molecule has 6 aliphatic heterocycles. The van der Waals surface area contributed by atoms with E-state index in [0.717, 1.165) is 35.3 Å². The molecule has 2 atom stereocenters. The van der Waals surface area contributed by atoms with Crippen LogP contribution in [-0.4, -0.2) is 154 Å². The van der Waals surface area contributed by atoms with Crippen molar-refractivity contribution in [2.75, 3.05) is 99.5 Å². The van der Waals surface area contributed by atoms with Gasteiger partial charge in [0, 0.05) is 88.4 Å². The van der Waals surface area contributed by atoms with Crippen molar-refractivity contribution in [3.63, 3.8) is 0 Å². The number of morpholine rings is 2. The predicted octanol–water partition coefficient (Wildman–Crippen LogP) is 3.13. The highest BCUT2D eigenvalue weighted by molar-refractivity contribution is 6.11. The number of ether oxygens (including phenoxy) is 4. The Kier molecular flexibility index (Phi) is 11.2. The molecule has 4 amide bonds. The van der Waals surface area contributed by atoms with E-state index in [1.165, 1.54) is 12.4 Å². The quantitative estimate of drug-likeness (QED) is 0.226. The number of amides is 4. The van der Waals surface area contributed by atoms with Gasteiger partial charge in [-0.25, -0.2) is 19.0 Å². The minimum absolute atomic E-state index is 0.0275. The van der Waals surface area contributed by atoms with E-state index in [-0.39, 0.29) is 35.7 Å². The third-order valence-corrected chi connectivity index (χ3v) is 13.0. The first-order valence-electron chi connectivity index (χ1n) is 22.3. The van der Waals surface area contributed by atoms with Gasteiger partial charge in [-0.1, -0.05) is 0 Å². The van der Waals surface area contributed by atoms with Gasteiger partial charge in [-0.3, -0.25) is 19.2 Å². The highest BCUT2D eigenvalue weighted by atomic mass is 16.5. The molecule has 0 saturated carbocycles. The van der Waals surface area contributed by atoms with Crippen LogP contribution >= 0.6 is 0 Å². The minimum atomic E-state index is -0.288. The van der Waals surface area contributed by atoms with Crippen molar-refractivity contribution in [2.45, 2.75) is 38.0 Å². The summed E-state index contributed by atoms with van der Waals surface area (Å²) in [6.45, 7) is 8.69. The molecule has 0 spiro atoms. The third-order valence-electron chi connectivity index (χ3n) is 13.0. The lowest BCUT2D eigenvalue weighted by atomic mass is 10.1. The maximum absolute atomic E-state index is 13.2. The lowest BCUT2D eigenvalue weighted by molar-refractivity contribution is 0.0672. The summed E-state index contributed by atoms with van der Waals surface area (Å²) in [5, 5.41) is 14.6. The summed E-state index contributed by atoms with van der Waals surface area (Å²) in [7, 11) is 0. The average Bonchev–Trinajstić information content (AvgIpc) is 4.23. The van der Waals surface area contributed by atoms with Gasteiger partial charge < -0.3 is 49.2 Å². The van der Waals surface area contributed by atoms with Gasteiger partial charge in [0.1, 0.15) is 11.1 Å². The zero-order chi connectivity index (χ0) is 44.7. The molecule has 4 saturated heterocycles. The van der Waals surface area contributed by atoms with E-state index < -0.39 is 0 Å². The van der Waals surface area contributed by atoms with E-state index in [1.54, 1.807) is 46.0 Å². The van der Waals surface area contributed by atoms with E-state index in [1.807, 2.05) is 34.1 Å². The average molecular weight is 897 g/mol. The zero-order valence-electron chi connectivity index (χ0n) is 36.1. The van der Waals surface area contributed by atoms with Gasteiger partial charge in [0.05, 0.1) is 86.9 Å². The van der Waals surface area contributed by atoms with Gasteiger partial charge in [0.15, 0.2) is 11.3 Å². The zero-order valence-corrected chi connectivity index (χ0v) is 36.1. The number of hydrogen-bond donors (Lipinski definition) is 2. The Hall–Kier alpha value is -7.00.